The number of esters is 2. The number of carbonyl (C=O) groups excluding carboxylic acids is 2. The first-order chi connectivity index (χ1) is 12.2. The molecule has 0 N–H and O–H groups in total. The average molecular weight is 358 g/mol. The molecule has 0 bridgehead atoms. The topological polar surface area (TPSA) is 78.4 Å². The number of rotatable bonds is 4. The van der Waals surface area contributed by atoms with E-state index < -0.39 is 11.0 Å². The lowest BCUT2D eigenvalue weighted by Gasteiger charge is -2.25. The molecule has 0 aliphatic heterocycles. The molecule has 2 aliphatic carbocycles. The van der Waals surface area contributed by atoms with Crippen LogP contribution >= 0.6 is 0 Å². The Hall–Kier alpha value is -2.24. The molecule has 0 radical (unpaired) electrons. The molecule has 1 aromatic heterocycles. The van der Waals surface area contributed by atoms with E-state index in [0.717, 1.165) is 36.8 Å². The zero-order valence-electron chi connectivity index (χ0n) is 15.9. The molecule has 0 aromatic carbocycles. The molecule has 0 amide bonds. The average Bonchev–Trinajstić information content (AvgIpc) is 3.42. The van der Waals surface area contributed by atoms with Gasteiger partial charge in [-0.3, -0.25) is 9.59 Å². The van der Waals surface area contributed by atoms with Gasteiger partial charge in [0.1, 0.15) is 5.60 Å². The predicted octanol–water partition coefficient (Wildman–Crippen LogP) is 3.21. The van der Waals surface area contributed by atoms with Crippen LogP contribution in [0.15, 0.2) is 18.5 Å². The zero-order chi connectivity index (χ0) is 18.9. The maximum absolute atomic E-state index is 12.2. The second-order valence-electron chi connectivity index (χ2n) is 8.10. The van der Waals surface area contributed by atoms with Gasteiger partial charge in [0.2, 0.25) is 0 Å². The summed E-state index contributed by atoms with van der Waals surface area (Å²) >= 11 is 0. The van der Waals surface area contributed by atoms with Crippen molar-refractivity contribution in [1.29, 1.82) is 0 Å². The fourth-order valence-corrected chi connectivity index (χ4v) is 3.31. The number of allylic oxidation sites excluding steroid dienone is 2. The number of aromatic nitrogens is 2. The van der Waals surface area contributed by atoms with E-state index in [1.54, 1.807) is 12.4 Å². The summed E-state index contributed by atoms with van der Waals surface area (Å²) in [7, 11) is 1.41. The minimum Gasteiger partial charge on any atom is -0.468 e. The quantitative estimate of drug-likeness (QED) is 0.769. The van der Waals surface area contributed by atoms with Gasteiger partial charge in [0.25, 0.3) is 0 Å². The zero-order valence-corrected chi connectivity index (χ0v) is 15.9. The highest BCUT2D eigenvalue weighted by atomic mass is 16.6. The second kappa shape index (κ2) is 6.82. The van der Waals surface area contributed by atoms with E-state index in [9.17, 15) is 9.59 Å². The largest absolute Gasteiger partial charge is 0.468 e. The molecule has 1 aromatic rings. The summed E-state index contributed by atoms with van der Waals surface area (Å²) in [5.41, 5.74) is 0.851. The van der Waals surface area contributed by atoms with E-state index in [2.05, 4.69) is 9.97 Å². The first-order valence-corrected chi connectivity index (χ1v) is 9.08. The summed E-state index contributed by atoms with van der Waals surface area (Å²) in [6, 6.07) is 0. The smallest absolute Gasteiger partial charge is 0.316 e. The molecule has 6 heteroatoms. The Morgan fingerprint density at radius 3 is 2.31 bits per heavy atom. The number of carbonyl (C=O) groups is 2. The Kier molecular flexibility index (Phi) is 4.86. The monoisotopic (exact) mass is 358 g/mol. The molecule has 26 heavy (non-hydrogen) atoms. The van der Waals surface area contributed by atoms with Crippen molar-refractivity contribution in [2.45, 2.75) is 63.9 Å². The highest BCUT2D eigenvalue weighted by Crippen LogP contribution is 2.48. The number of hydrogen-bond acceptors (Lipinski definition) is 6. The Bertz CT molecular complexity index is 727. The van der Waals surface area contributed by atoms with Gasteiger partial charge < -0.3 is 9.47 Å². The highest BCUT2D eigenvalue weighted by Gasteiger charge is 2.53. The number of ether oxygens (including phenoxy) is 2. The van der Waals surface area contributed by atoms with Crippen molar-refractivity contribution >= 4 is 17.5 Å². The van der Waals surface area contributed by atoms with Gasteiger partial charge in [0.15, 0.2) is 5.82 Å². The van der Waals surface area contributed by atoms with Crippen molar-refractivity contribution in [2.75, 3.05) is 7.11 Å². The van der Waals surface area contributed by atoms with Crippen molar-refractivity contribution < 1.29 is 19.1 Å². The van der Waals surface area contributed by atoms with Crippen molar-refractivity contribution in [3.63, 3.8) is 0 Å². The van der Waals surface area contributed by atoms with E-state index >= 15 is 0 Å². The third kappa shape index (κ3) is 3.79. The lowest BCUT2D eigenvalue weighted by Crippen LogP contribution is -2.29. The Balaban J connectivity index is 1.66. The second-order valence-corrected chi connectivity index (χ2v) is 8.10. The van der Waals surface area contributed by atoms with Crippen LogP contribution in [0.3, 0.4) is 0 Å². The molecule has 0 saturated heterocycles. The standard InChI is InChI=1S/C20H26N2O4/c1-19(2,3)26-17(23)14-7-5-13(6-8-14)16-21-11-15(12-22-16)20(9-10-20)18(24)25-4/h5,11-12,14H,6-10H2,1-4H3. The van der Waals surface area contributed by atoms with E-state index in [1.165, 1.54) is 7.11 Å². The maximum Gasteiger partial charge on any atom is 0.316 e. The molecule has 2 aliphatic rings. The van der Waals surface area contributed by atoms with E-state index in [-0.39, 0.29) is 17.9 Å². The highest BCUT2D eigenvalue weighted by molar-refractivity contribution is 5.86. The molecule has 1 unspecified atom stereocenters. The fraction of sp³-hybridized carbons (Fsp3) is 0.600. The van der Waals surface area contributed by atoms with Crippen LogP contribution in [0, 0.1) is 5.92 Å². The van der Waals surface area contributed by atoms with Gasteiger partial charge in [-0.25, -0.2) is 9.97 Å². The molecule has 3 rings (SSSR count). The Labute approximate surface area is 154 Å². The number of nitrogens with zero attached hydrogens (tertiary/aromatic N) is 2. The van der Waals surface area contributed by atoms with Crippen LogP contribution in [0.4, 0.5) is 0 Å². The van der Waals surface area contributed by atoms with Gasteiger partial charge in [0.05, 0.1) is 18.4 Å². The van der Waals surface area contributed by atoms with Gasteiger partial charge in [0, 0.05) is 18.0 Å². The molecule has 1 fully saturated rings. The maximum atomic E-state index is 12.2. The van der Waals surface area contributed by atoms with Crippen molar-refractivity contribution in [3.05, 3.63) is 29.9 Å². The minimum atomic E-state index is -0.546. The molecule has 140 valence electrons. The van der Waals surface area contributed by atoms with E-state index in [4.69, 9.17) is 9.47 Å². The minimum absolute atomic E-state index is 0.105. The molecule has 1 heterocycles. The third-order valence-electron chi connectivity index (χ3n) is 4.97. The summed E-state index contributed by atoms with van der Waals surface area (Å²) < 4.78 is 10.4. The van der Waals surface area contributed by atoms with Crippen molar-refractivity contribution in [1.82, 2.24) is 9.97 Å². The summed E-state index contributed by atoms with van der Waals surface area (Å²) in [5, 5.41) is 0. The Morgan fingerprint density at radius 2 is 1.85 bits per heavy atom. The lowest BCUT2D eigenvalue weighted by molar-refractivity contribution is -0.160. The van der Waals surface area contributed by atoms with Crippen LogP contribution in [0.5, 0.6) is 0 Å². The summed E-state index contributed by atoms with van der Waals surface area (Å²) in [5.74, 6) is 0.201. The van der Waals surface area contributed by atoms with Crippen LogP contribution in [-0.2, 0) is 24.5 Å². The molecule has 6 nitrogen and oxygen atoms in total. The van der Waals surface area contributed by atoms with Crippen LogP contribution in [-0.4, -0.2) is 34.6 Å². The number of methoxy groups -OCH3 is 1. The molecule has 1 saturated carbocycles. The molecule has 0 spiro atoms. The van der Waals surface area contributed by atoms with Gasteiger partial charge in [-0.15, -0.1) is 0 Å². The SMILES string of the molecule is COC(=O)C1(c2cnc(C3=CCC(C(=O)OC(C)(C)C)CC3)nc2)CC1. The molecular weight excluding hydrogens is 332 g/mol. The van der Waals surface area contributed by atoms with Crippen molar-refractivity contribution in [2.24, 2.45) is 5.92 Å². The summed E-state index contributed by atoms with van der Waals surface area (Å²) in [4.78, 5) is 33.0. The normalized spacial score (nSPS) is 21.5. The first kappa shape index (κ1) is 18.5. The first-order valence-electron chi connectivity index (χ1n) is 9.08. The predicted molar refractivity (Wildman–Crippen MR) is 96.1 cm³/mol. The van der Waals surface area contributed by atoms with Crippen molar-refractivity contribution in [3.8, 4) is 0 Å². The van der Waals surface area contributed by atoms with Gasteiger partial charge in [-0.2, -0.15) is 0 Å². The van der Waals surface area contributed by atoms with Crippen LogP contribution in [0.1, 0.15) is 64.3 Å². The van der Waals surface area contributed by atoms with Crippen LogP contribution < -0.4 is 0 Å². The van der Waals surface area contributed by atoms with Crippen LogP contribution in [0.25, 0.3) is 5.57 Å². The number of hydrogen-bond donors (Lipinski definition) is 0. The molecular formula is C20H26N2O4. The van der Waals surface area contributed by atoms with E-state index in [0.29, 0.717) is 12.2 Å². The van der Waals surface area contributed by atoms with Gasteiger partial charge in [-0.1, -0.05) is 6.08 Å². The lowest BCUT2D eigenvalue weighted by atomic mass is 9.89. The summed E-state index contributed by atoms with van der Waals surface area (Å²) in [6.07, 6.45) is 9.16. The third-order valence-corrected chi connectivity index (χ3v) is 4.97. The van der Waals surface area contributed by atoms with Crippen LogP contribution in [0.2, 0.25) is 0 Å². The Morgan fingerprint density at radius 1 is 1.19 bits per heavy atom. The van der Waals surface area contributed by atoms with Gasteiger partial charge >= 0.3 is 11.9 Å². The fourth-order valence-electron chi connectivity index (χ4n) is 3.31. The molecule has 1 atom stereocenters. The van der Waals surface area contributed by atoms with Gasteiger partial charge in [-0.05, 0) is 58.4 Å². The summed E-state index contributed by atoms with van der Waals surface area (Å²) in [6.45, 7) is 5.64. The van der Waals surface area contributed by atoms with E-state index in [1.807, 2.05) is 26.8 Å².